The first-order valence-corrected chi connectivity index (χ1v) is 10.5. The summed E-state index contributed by atoms with van der Waals surface area (Å²) in [4.78, 5) is 0. The van der Waals surface area contributed by atoms with Crippen LogP contribution in [-0.4, -0.2) is 15.0 Å². The zero-order valence-electron chi connectivity index (χ0n) is 12.4. The van der Waals surface area contributed by atoms with Crippen LogP contribution in [0.4, 0.5) is 0 Å². The van der Waals surface area contributed by atoms with E-state index < -0.39 is 7.73 Å². The van der Waals surface area contributed by atoms with Gasteiger partial charge in [0.1, 0.15) is 0 Å². The molecular formula is C16H16ClO2PSe. The van der Waals surface area contributed by atoms with E-state index in [1.807, 2.05) is 0 Å². The molecule has 0 radical (unpaired) electrons. The third-order valence-corrected chi connectivity index (χ3v) is 6.58. The normalized spacial score (nSPS) is 14.3. The first kappa shape index (κ1) is 15.2. The van der Waals surface area contributed by atoms with Crippen LogP contribution < -0.4 is 18.0 Å². The summed E-state index contributed by atoms with van der Waals surface area (Å²) >= 11 is 6.44. The van der Waals surface area contributed by atoms with Crippen molar-refractivity contribution in [1.29, 1.82) is 0 Å². The van der Waals surface area contributed by atoms with Gasteiger partial charge in [-0.2, -0.15) is 0 Å². The molecule has 2 aromatic rings. The van der Waals surface area contributed by atoms with Crippen molar-refractivity contribution >= 4 is 42.8 Å². The van der Waals surface area contributed by atoms with Crippen molar-refractivity contribution in [3.05, 3.63) is 46.5 Å². The zero-order valence-corrected chi connectivity index (χ0v) is 15.7. The van der Waals surface area contributed by atoms with Crippen LogP contribution in [0, 0.1) is 27.7 Å². The standard InChI is InChI=1S/C16H16ClO2PSe/c1-9-5-11(3)15-13(7-9)21-14-8-10(2)6-12(4)16(14)19-20(17)18-15/h5-8H,1-4H3. The molecule has 1 heterocycles. The van der Waals surface area contributed by atoms with Gasteiger partial charge < -0.3 is 0 Å². The van der Waals surface area contributed by atoms with Gasteiger partial charge >= 0.3 is 138 Å². The van der Waals surface area contributed by atoms with Gasteiger partial charge in [0.05, 0.1) is 0 Å². The van der Waals surface area contributed by atoms with Gasteiger partial charge in [0.2, 0.25) is 0 Å². The predicted molar refractivity (Wildman–Crippen MR) is 90.9 cm³/mol. The first-order valence-electron chi connectivity index (χ1n) is 6.66. The number of hydrogen-bond acceptors (Lipinski definition) is 2. The van der Waals surface area contributed by atoms with E-state index in [0.717, 1.165) is 22.6 Å². The van der Waals surface area contributed by atoms with Gasteiger partial charge in [-0.25, -0.2) is 0 Å². The van der Waals surface area contributed by atoms with Crippen LogP contribution >= 0.6 is 19.0 Å². The van der Waals surface area contributed by atoms with Crippen LogP contribution in [0.1, 0.15) is 22.3 Å². The fraction of sp³-hybridized carbons (Fsp3) is 0.250. The molecule has 2 aromatic carbocycles. The predicted octanol–water partition coefficient (Wildman–Crippen LogP) is 3.81. The monoisotopic (exact) mass is 386 g/mol. The SMILES string of the molecule is Cc1cc(C)c2c(c1)[Se]c1cc(C)cc(C)c1OP(Cl)O2. The Kier molecular flexibility index (Phi) is 4.21. The Hall–Kier alpha value is -0.721. The second-order valence-corrected chi connectivity index (χ2v) is 9.21. The van der Waals surface area contributed by atoms with Crippen molar-refractivity contribution in [3.63, 3.8) is 0 Å². The molecule has 110 valence electrons. The molecule has 21 heavy (non-hydrogen) atoms. The molecule has 0 atom stereocenters. The summed E-state index contributed by atoms with van der Waals surface area (Å²) in [5.74, 6) is 1.79. The van der Waals surface area contributed by atoms with Gasteiger partial charge in [-0.15, -0.1) is 0 Å². The summed E-state index contributed by atoms with van der Waals surface area (Å²) < 4.78 is 14.3. The molecule has 0 N–H and O–H groups in total. The third-order valence-electron chi connectivity index (χ3n) is 3.32. The maximum atomic E-state index is 6.30. The molecule has 0 aromatic heterocycles. The Morgan fingerprint density at radius 1 is 0.810 bits per heavy atom. The minimum absolute atomic E-state index is 0.145. The number of rotatable bonds is 0. The second-order valence-electron chi connectivity index (χ2n) is 5.32. The average Bonchev–Trinajstić information content (AvgIpc) is 2.36. The third kappa shape index (κ3) is 3.07. The number of halogens is 1. The van der Waals surface area contributed by atoms with Crippen molar-refractivity contribution in [2.24, 2.45) is 0 Å². The Bertz CT molecular complexity index is 658. The van der Waals surface area contributed by atoms with E-state index in [4.69, 9.17) is 20.3 Å². The molecule has 0 spiro atoms. The molecule has 0 fully saturated rings. The van der Waals surface area contributed by atoms with E-state index in [0.29, 0.717) is 0 Å². The van der Waals surface area contributed by atoms with Gasteiger partial charge in [-0.1, -0.05) is 0 Å². The number of hydrogen-bond donors (Lipinski definition) is 0. The number of fused-ring (bicyclic) bond motifs is 2. The zero-order chi connectivity index (χ0) is 15.1. The van der Waals surface area contributed by atoms with E-state index in [-0.39, 0.29) is 15.0 Å². The maximum absolute atomic E-state index is 6.30. The van der Waals surface area contributed by atoms with Gasteiger partial charge in [0, 0.05) is 0 Å². The molecular weight excluding hydrogens is 370 g/mol. The van der Waals surface area contributed by atoms with Crippen molar-refractivity contribution in [1.82, 2.24) is 0 Å². The summed E-state index contributed by atoms with van der Waals surface area (Å²) in [6.45, 7) is 8.35. The summed E-state index contributed by atoms with van der Waals surface area (Å²) in [6, 6.07) is 8.66. The van der Waals surface area contributed by atoms with Gasteiger partial charge in [0.25, 0.3) is 0 Å². The molecule has 3 rings (SSSR count). The topological polar surface area (TPSA) is 18.5 Å². The van der Waals surface area contributed by atoms with Crippen LogP contribution in [0.15, 0.2) is 24.3 Å². The Morgan fingerprint density at radius 2 is 1.24 bits per heavy atom. The van der Waals surface area contributed by atoms with E-state index in [2.05, 4.69) is 52.0 Å². The van der Waals surface area contributed by atoms with Crippen LogP contribution in [0.5, 0.6) is 11.5 Å². The van der Waals surface area contributed by atoms with E-state index in [1.54, 1.807) is 0 Å². The molecule has 0 bridgehead atoms. The van der Waals surface area contributed by atoms with Crippen molar-refractivity contribution < 1.29 is 9.05 Å². The summed E-state index contributed by atoms with van der Waals surface area (Å²) in [6.07, 6.45) is 0. The van der Waals surface area contributed by atoms with Gasteiger partial charge in [-0.3, -0.25) is 0 Å². The molecule has 0 saturated carbocycles. The summed E-state index contributed by atoms with van der Waals surface area (Å²) in [5.41, 5.74) is 4.75. The van der Waals surface area contributed by atoms with Crippen molar-refractivity contribution in [2.45, 2.75) is 27.7 Å². The fourth-order valence-electron chi connectivity index (χ4n) is 2.50. The summed E-state index contributed by atoms with van der Waals surface area (Å²) in [7, 11) is -1.48. The second kappa shape index (κ2) is 5.82. The fourth-order valence-corrected chi connectivity index (χ4v) is 6.76. The quantitative estimate of drug-likeness (QED) is 0.507. The minimum atomic E-state index is -1.48. The average molecular weight is 386 g/mol. The first-order chi connectivity index (χ1) is 9.94. The number of benzene rings is 2. The molecule has 0 unspecified atom stereocenters. The Labute approximate surface area is 137 Å². The van der Waals surface area contributed by atoms with Crippen LogP contribution in [0.2, 0.25) is 0 Å². The van der Waals surface area contributed by atoms with Crippen molar-refractivity contribution in [3.8, 4) is 11.5 Å². The van der Waals surface area contributed by atoms with E-state index in [1.165, 1.54) is 20.1 Å². The molecule has 0 saturated heterocycles. The Morgan fingerprint density at radius 3 is 1.67 bits per heavy atom. The van der Waals surface area contributed by atoms with Gasteiger partial charge in [-0.05, 0) is 0 Å². The molecule has 0 aliphatic carbocycles. The molecule has 2 nitrogen and oxygen atoms in total. The van der Waals surface area contributed by atoms with E-state index in [9.17, 15) is 0 Å². The molecule has 5 heteroatoms. The van der Waals surface area contributed by atoms with Gasteiger partial charge in [0.15, 0.2) is 0 Å². The van der Waals surface area contributed by atoms with Crippen LogP contribution in [-0.2, 0) is 0 Å². The molecule has 1 aliphatic heterocycles. The van der Waals surface area contributed by atoms with Crippen LogP contribution in [0.3, 0.4) is 0 Å². The molecule has 1 aliphatic rings. The number of aryl methyl sites for hydroxylation is 4. The van der Waals surface area contributed by atoms with Crippen LogP contribution in [0.25, 0.3) is 0 Å². The summed E-state index contributed by atoms with van der Waals surface area (Å²) in [5, 5.41) is 0. The molecule has 0 amide bonds. The van der Waals surface area contributed by atoms with E-state index >= 15 is 0 Å². The Balaban J connectivity index is 2.19. The van der Waals surface area contributed by atoms with Crippen molar-refractivity contribution in [2.75, 3.05) is 0 Å².